The van der Waals surface area contributed by atoms with Gasteiger partial charge in [0.25, 0.3) is 0 Å². The zero-order chi connectivity index (χ0) is 4.28. The number of aliphatic hydroxyl groups excluding tert-OH is 2. The number of hydrogen-bond acceptors (Lipinski definition) is 2. The van der Waals surface area contributed by atoms with Gasteiger partial charge in [-0.2, -0.15) is 0 Å². The van der Waals surface area contributed by atoms with E-state index in [1.165, 1.54) is 6.92 Å². The molecule has 0 saturated carbocycles. The second kappa shape index (κ2) is 5.61. The van der Waals surface area contributed by atoms with Crippen LogP contribution < -0.4 is 0 Å². The van der Waals surface area contributed by atoms with Gasteiger partial charge in [-0.05, 0) is 6.92 Å². The van der Waals surface area contributed by atoms with E-state index in [1.54, 1.807) is 0 Å². The first kappa shape index (κ1) is 9.79. The van der Waals surface area contributed by atoms with Crippen molar-refractivity contribution in [2.45, 2.75) is 13.0 Å². The van der Waals surface area contributed by atoms with Crippen LogP contribution in [-0.4, -0.2) is 22.9 Å². The summed E-state index contributed by atoms with van der Waals surface area (Å²) in [5.74, 6) is 0. The topological polar surface area (TPSA) is 40.5 Å². The van der Waals surface area contributed by atoms with E-state index in [9.17, 15) is 0 Å². The monoisotopic (exact) mass is 174 g/mol. The van der Waals surface area contributed by atoms with E-state index >= 15 is 0 Å². The largest absolute Gasteiger partial charge is 0.394 e. The maximum atomic E-state index is 8.11. The summed E-state index contributed by atoms with van der Waals surface area (Å²) in [5, 5.41) is 16.0. The van der Waals surface area contributed by atoms with Gasteiger partial charge in [0, 0.05) is 21.1 Å². The number of rotatable bonds is 1. The van der Waals surface area contributed by atoms with Gasteiger partial charge in [-0.15, -0.1) is 0 Å². The van der Waals surface area contributed by atoms with E-state index < -0.39 is 6.10 Å². The van der Waals surface area contributed by atoms with Gasteiger partial charge in [-0.1, -0.05) is 0 Å². The van der Waals surface area contributed by atoms with Crippen LogP contribution in [-0.2, 0) is 21.1 Å². The molecule has 0 heterocycles. The standard InChI is InChI=1S/C3H8O2.Mo/c1-3(5)2-4;/h3-5H,2H2,1H3;. The van der Waals surface area contributed by atoms with Crippen LogP contribution in [0.5, 0.6) is 0 Å². The molecule has 0 saturated heterocycles. The Kier molecular flexibility index (Phi) is 9.15. The molecule has 1 unspecified atom stereocenters. The normalized spacial score (nSPS) is 12.5. The van der Waals surface area contributed by atoms with Crippen LogP contribution in [0.15, 0.2) is 0 Å². The molecule has 6 heavy (non-hydrogen) atoms. The van der Waals surface area contributed by atoms with Crippen LogP contribution in [0.1, 0.15) is 6.92 Å². The van der Waals surface area contributed by atoms with Crippen molar-refractivity contribution in [1.82, 2.24) is 0 Å². The fourth-order valence-corrected chi connectivity index (χ4v) is 0. The van der Waals surface area contributed by atoms with E-state index in [0.29, 0.717) is 0 Å². The zero-order valence-corrected chi connectivity index (χ0v) is 5.59. The molecular weight excluding hydrogens is 164 g/mol. The fraction of sp³-hybridized carbons (Fsp3) is 1.00. The van der Waals surface area contributed by atoms with E-state index in [2.05, 4.69) is 0 Å². The molecule has 0 amide bonds. The fourth-order valence-electron chi connectivity index (χ4n) is 0. The van der Waals surface area contributed by atoms with Gasteiger partial charge in [0.1, 0.15) is 0 Å². The summed E-state index contributed by atoms with van der Waals surface area (Å²) in [4.78, 5) is 0. The molecule has 0 radical (unpaired) electrons. The Morgan fingerprint density at radius 3 is 1.83 bits per heavy atom. The van der Waals surface area contributed by atoms with Crippen LogP contribution in [0, 0.1) is 0 Å². The van der Waals surface area contributed by atoms with Crippen molar-refractivity contribution in [3.8, 4) is 0 Å². The van der Waals surface area contributed by atoms with Crippen LogP contribution in [0.4, 0.5) is 0 Å². The number of aliphatic hydroxyl groups is 2. The van der Waals surface area contributed by atoms with Crippen molar-refractivity contribution in [3.05, 3.63) is 0 Å². The predicted octanol–water partition coefficient (Wildman–Crippen LogP) is -0.643. The predicted molar refractivity (Wildman–Crippen MR) is 18.8 cm³/mol. The molecule has 0 fully saturated rings. The van der Waals surface area contributed by atoms with Crippen molar-refractivity contribution < 1.29 is 31.3 Å². The smallest absolute Gasteiger partial charge is 0.0742 e. The quantitative estimate of drug-likeness (QED) is 0.516. The summed E-state index contributed by atoms with van der Waals surface area (Å²) in [5.41, 5.74) is 0. The molecule has 3 heteroatoms. The summed E-state index contributed by atoms with van der Waals surface area (Å²) in [7, 11) is 0. The van der Waals surface area contributed by atoms with Gasteiger partial charge >= 0.3 is 0 Å². The van der Waals surface area contributed by atoms with Crippen LogP contribution in [0.3, 0.4) is 0 Å². The molecule has 0 aliphatic rings. The molecule has 0 aromatic carbocycles. The second-order valence-corrected chi connectivity index (χ2v) is 1.03. The molecule has 0 aliphatic heterocycles. The molecule has 0 aliphatic carbocycles. The Hall–Kier alpha value is 0.608. The van der Waals surface area contributed by atoms with Crippen LogP contribution in [0.2, 0.25) is 0 Å². The van der Waals surface area contributed by atoms with Crippen molar-refractivity contribution in [2.24, 2.45) is 0 Å². The minimum atomic E-state index is -0.560. The van der Waals surface area contributed by atoms with Gasteiger partial charge in [-0.25, -0.2) is 0 Å². The van der Waals surface area contributed by atoms with Gasteiger partial charge < -0.3 is 10.2 Å². The Balaban J connectivity index is 0. The Morgan fingerprint density at radius 1 is 1.67 bits per heavy atom. The van der Waals surface area contributed by atoms with Gasteiger partial charge in [0.15, 0.2) is 0 Å². The molecule has 2 N–H and O–H groups in total. The third-order valence-corrected chi connectivity index (χ3v) is 0.264. The molecule has 0 aromatic rings. The Labute approximate surface area is 51.4 Å². The third kappa shape index (κ3) is 8.82. The summed E-state index contributed by atoms with van der Waals surface area (Å²) in [6, 6.07) is 0. The first-order valence-electron chi connectivity index (χ1n) is 1.56. The van der Waals surface area contributed by atoms with Gasteiger partial charge in [0.05, 0.1) is 12.7 Å². The molecule has 0 spiro atoms. The average Bonchev–Trinajstić information content (AvgIpc) is 1.38. The van der Waals surface area contributed by atoms with E-state index in [0.717, 1.165) is 0 Å². The summed E-state index contributed by atoms with van der Waals surface area (Å²) in [6.07, 6.45) is -0.560. The summed E-state index contributed by atoms with van der Waals surface area (Å²) >= 11 is 0. The average molecular weight is 172 g/mol. The van der Waals surface area contributed by atoms with Crippen molar-refractivity contribution in [3.63, 3.8) is 0 Å². The minimum Gasteiger partial charge on any atom is -0.394 e. The molecule has 1 atom stereocenters. The zero-order valence-electron chi connectivity index (χ0n) is 3.59. The first-order chi connectivity index (χ1) is 2.27. The molecule has 0 bridgehead atoms. The number of hydrogen-bond donors (Lipinski definition) is 2. The van der Waals surface area contributed by atoms with Crippen LogP contribution >= 0.6 is 0 Å². The first-order valence-corrected chi connectivity index (χ1v) is 1.56. The molecule has 0 aromatic heterocycles. The van der Waals surface area contributed by atoms with E-state index in [1.807, 2.05) is 0 Å². The van der Waals surface area contributed by atoms with E-state index in [-0.39, 0.29) is 27.7 Å². The van der Waals surface area contributed by atoms with Crippen LogP contribution in [0.25, 0.3) is 0 Å². The molecular formula is C3H8MoO2. The molecule has 2 nitrogen and oxygen atoms in total. The second-order valence-electron chi connectivity index (χ2n) is 1.03. The summed E-state index contributed by atoms with van der Waals surface area (Å²) in [6.45, 7) is 1.39. The van der Waals surface area contributed by atoms with Gasteiger partial charge in [-0.3, -0.25) is 0 Å². The van der Waals surface area contributed by atoms with Crippen molar-refractivity contribution in [1.29, 1.82) is 0 Å². The maximum absolute atomic E-state index is 8.11. The van der Waals surface area contributed by atoms with Crippen molar-refractivity contribution in [2.75, 3.05) is 6.61 Å². The maximum Gasteiger partial charge on any atom is 0.0742 e. The Bertz CT molecular complexity index is 22.8. The molecule has 38 valence electrons. The summed E-state index contributed by atoms with van der Waals surface area (Å²) < 4.78 is 0. The third-order valence-electron chi connectivity index (χ3n) is 0.264. The molecule has 0 rings (SSSR count). The van der Waals surface area contributed by atoms with Gasteiger partial charge in [0.2, 0.25) is 0 Å². The minimum absolute atomic E-state index is 0. The van der Waals surface area contributed by atoms with Crippen molar-refractivity contribution >= 4 is 0 Å². The van der Waals surface area contributed by atoms with E-state index in [4.69, 9.17) is 10.2 Å². The SMILES string of the molecule is CC(O)CO.[Mo]. The Morgan fingerprint density at radius 2 is 1.83 bits per heavy atom.